The number of benzene rings is 2. The van der Waals surface area contributed by atoms with Gasteiger partial charge in [-0.15, -0.1) is 0 Å². The molecular weight excluding hydrogens is 337 g/mol. The van der Waals surface area contributed by atoms with E-state index in [-0.39, 0.29) is 24.0 Å². The Labute approximate surface area is 140 Å². The van der Waals surface area contributed by atoms with Gasteiger partial charge in [-0.05, 0) is 29.8 Å². The summed E-state index contributed by atoms with van der Waals surface area (Å²) in [6, 6.07) is 9.16. The number of carbonyl (C=O) groups is 1. The van der Waals surface area contributed by atoms with Crippen LogP contribution in [0.3, 0.4) is 0 Å². The fourth-order valence-corrected chi connectivity index (χ4v) is 2.56. The van der Waals surface area contributed by atoms with Gasteiger partial charge in [-0.2, -0.15) is 0 Å². The summed E-state index contributed by atoms with van der Waals surface area (Å²) in [6.07, 6.45) is 1.46. The van der Waals surface area contributed by atoms with Crippen molar-refractivity contribution in [3.63, 3.8) is 0 Å². The molecule has 0 amide bonds. The number of aliphatic imine (C=N–C) groups is 1. The number of rotatable bonds is 2. The monoisotopic (exact) mass is 345 g/mol. The number of hydrogen-bond acceptors (Lipinski definition) is 5. The molecule has 0 unspecified atom stereocenters. The quantitative estimate of drug-likeness (QED) is 0.617. The topological polar surface area (TPSA) is 57.1 Å². The van der Waals surface area contributed by atoms with Gasteiger partial charge in [0.15, 0.2) is 17.2 Å². The van der Waals surface area contributed by atoms with Crippen LogP contribution in [0.5, 0.6) is 11.5 Å². The molecule has 0 aromatic heterocycles. The predicted molar refractivity (Wildman–Crippen MR) is 84.6 cm³/mol. The van der Waals surface area contributed by atoms with Crippen LogP contribution < -0.4 is 9.47 Å². The zero-order valence-corrected chi connectivity index (χ0v) is 12.8. The number of nitrogens with zero attached hydrogens (tertiary/aromatic N) is 1. The summed E-state index contributed by atoms with van der Waals surface area (Å²) >= 11 is 6.17. The van der Waals surface area contributed by atoms with Gasteiger partial charge < -0.3 is 14.2 Å². The lowest BCUT2D eigenvalue weighted by atomic mass is 10.1. The molecular formula is C17H9ClFNO4. The Hall–Kier alpha value is -2.86. The molecule has 0 atom stereocenters. The van der Waals surface area contributed by atoms with E-state index in [0.717, 1.165) is 0 Å². The molecule has 2 aliphatic rings. The molecule has 7 heteroatoms. The van der Waals surface area contributed by atoms with Crippen LogP contribution in [0.4, 0.5) is 4.39 Å². The van der Waals surface area contributed by atoms with Crippen LogP contribution in [0.25, 0.3) is 6.08 Å². The maximum atomic E-state index is 13.8. The number of halogens is 2. The van der Waals surface area contributed by atoms with E-state index in [9.17, 15) is 9.18 Å². The van der Waals surface area contributed by atoms with E-state index in [4.69, 9.17) is 25.8 Å². The third kappa shape index (κ3) is 2.51. The third-order valence-corrected chi connectivity index (χ3v) is 3.84. The average molecular weight is 346 g/mol. The Balaban J connectivity index is 1.73. The first kappa shape index (κ1) is 14.7. The second kappa shape index (κ2) is 5.65. The summed E-state index contributed by atoms with van der Waals surface area (Å²) in [6.45, 7) is 0.114. The van der Waals surface area contributed by atoms with Crippen LogP contribution in [0.2, 0.25) is 5.02 Å². The summed E-state index contributed by atoms with van der Waals surface area (Å²) in [5.74, 6) is -0.225. The average Bonchev–Trinajstić information content (AvgIpc) is 3.15. The standard InChI is InChI=1S/C17H9ClFNO4/c18-11-7-15-14(22-8-23-15)6-9(11)5-13-17(21)24-16(20-13)10-3-1-2-4-12(10)19/h1-7H,8H2. The summed E-state index contributed by atoms with van der Waals surface area (Å²) in [4.78, 5) is 16.1. The molecule has 0 saturated heterocycles. The Bertz CT molecular complexity index is 923. The first-order valence-electron chi connectivity index (χ1n) is 6.98. The molecule has 0 aliphatic carbocycles. The van der Waals surface area contributed by atoms with E-state index in [2.05, 4.69) is 4.99 Å². The van der Waals surface area contributed by atoms with E-state index < -0.39 is 11.8 Å². The van der Waals surface area contributed by atoms with Crippen LogP contribution in [0.15, 0.2) is 47.1 Å². The number of carbonyl (C=O) groups excluding carboxylic acids is 1. The van der Waals surface area contributed by atoms with E-state index in [0.29, 0.717) is 22.1 Å². The summed E-state index contributed by atoms with van der Waals surface area (Å²) in [7, 11) is 0. The van der Waals surface area contributed by atoms with Gasteiger partial charge in [0.1, 0.15) is 5.82 Å². The molecule has 5 nitrogen and oxygen atoms in total. The van der Waals surface area contributed by atoms with Crippen LogP contribution in [0.1, 0.15) is 11.1 Å². The number of hydrogen-bond donors (Lipinski definition) is 0. The molecule has 2 heterocycles. The van der Waals surface area contributed by atoms with E-state index in [1.165, 1.54) is 18.2 Å². The minimum absolute atomic E-state index is 0.0222. The van der Waals surface area contributed by atoms with Gasteiger partial charge in [0, 0.05) is 6.07 Å². The minimum Gasteiger partial charge on any atom is -0.454 e. The predicted octanol–water partition coefficient (Wildman–Crippen LogP) is 3.55. The largest absolute Gasteiger partial charge is 0.454 e. The van der Waals surface area contributed by atoms with Gasteiger partial charge in [0.2, 0.25) is 12.7 Å². The molecule has 0 saturated carbocycles. The van der Waals surface area contributed by atoms with Crippen molar-refractivity contribution < 1.29 is 23.4 Å². The molecule has 24 heavy (non-hydrogen) atoms. The third-order valence-electron chi connectivity index (χ3n) is 3.51. The first-order valence-corrected chi connectivity index (χ1v) is 7.36. The van der Waals surface area contributed by atoms with Crippen molar-refractivity contribution in [2.24, 2.45) is 4.99 Å². The van der Waals surface area contributed by atoms with Crippen molar-refractivity contribution in [3.05, 3.63) is 64.1 Å². The second-order valence-corrected chi connectivity index (χ2v) is 5.45. The maximum absolute atomic E-state index is 13.8. The normalized spacial score (nSPS) is 17.2. The van der Waals surface area contributed by atoms with Crippen LogP contribution in [-0.4, -0.2) is 18.7 Å². The van der Waals surface area contributed by atoms with Gasteiger partial charge in [-0.1, -0.05) is 23.7 Å². The summed E-state index contributed by atoms with van der Waals surface area (Å²) < 4.78 is 29.3. The molecule has 4 rings (SSSR count). The van der Waals surface area contributed by atoms with Gasteiger partial charge in [-0.25, -0.2) is 14.2 Å². The highest BCUT2D eigenvalue weighted by Gasteiger charge is 2.26. The molecule has 0 spiro atoms. The van der Waals surface area contributed by atoms with E-state index >= 15 is 0 Å². The molecule has 0 radical (unpaired) electrons. The van der Waals surface area contributed by atoms with Crippen molar-refractivity contribution in [1.82, 2.24) is 0 Å². The minimum atomic E-state index is -0.679. The number of fused-ring (bicyclic) bond motifs is 1. The molecule has 2 aliphatic heterocycles. The van der Waals surface area contributed by atoms with Crippen molar-refractivity contribution in [1.29, 1.82) is 0 Å². The van der Waals surface area contributed by atoms with Crippen molar-refractivity contribution in [2.45, 2.75) is 0 Å². The highest BCUT2D eigenvalue weighted by Crippen LogP contribution is 2.38. The van der Waals surface area contributed by atoms with E-state index in [1.54, 1.807) is 24.3 Å². The number of esters is 1. The number of cyclic esters (lactones) is 1. The Morgan fingerprint density at radius 2 is 1.92 bits per heavy atom. The number of ether oxygens (including phenoxy) is 3. The molecule has 0 N–H and O–H groups in total. The van der Waals surface area contributed by atoms with Crippen LogP contribution in [0, 0.1) is 5.82 Å². The Morgan fingerprint density at radius 1 is 1.17 bits per heavy atom. The van der Waals surface area contributed by atoms with Gasteiger partial charge in [-0.3, -0.25) is 0 Å². The van der Waals surface area contributed by atoms with Crippen LogP contribution in [-0.2, 0) is 9.53 Å². The molecule has 0 fully saturated rings. The smallest absolute Gasteiger partial charge is 0.363 e. The van der Waals surface area contributed by atoms with Gasteiger partial charge >= 0.3 is 5.97 Å². The highest BCUT2D eigenvalue weighted by atomic mass is 35.5. The van der Waals surface area contributed by atoms with Crippen molar-refractivity contribution in [3.8, 4) is 11.5 Å². The SMILES string of the molecule is O=C1OC(c2ccccc2F)=NC1=Cc1cc2c(cc1Cl)OCO2. The van der Waals surface area contributed by atoms with Crippen LogP contribution >= 0.6 is 11.6 Å². The molecule has 2 aromatic rings. The molecule has 120 valence electrons. The van der Waals surface area contributed by atoms with Gasteiger partial charge in [0.05, 0.1) is 10.6 Å². The fourth-order valence-electron chi connectivity index (χ4n) is 2.35. The second-order valence-electron chi connectivity index (χ2n) is 5.04. The lowest BCUT2D eigenvalue weighted by Gasteiger charge is -2.01. The molecule has 0 bridgehead atoms. The Kier molecular flexibility index (Phi) is 3.46. The van der Waals surface area contributed by atoms with Crippen molar-refractivity contribution in [2.75, 3.05) is 6.79 Å². The molecule has 2 aromatic carbocycles. The summed E-state index contributed by atoms with van der Waals surface area (Å²) in [5, 5.41) is 0.370. The first-order chi connectivity index (χ1) is 11.6. The highest BCUT2D eigenvalue weighted by molar-refractivity contribution is 6.32. The summed E-state index contributed by atoms with van der Waals surface area (Å²) in [5.41, 5.74) is 0.659. The maximum Gasteiger partial charge on any atom is 0.363 e. The fraction of sp³-hybridized carbons (Fsp3) is 0.0588. The zero-order valence-electron chi connectivity index (χ0n) is 12.1. The van der Waals surface area contributed by atoms with Crippen molar-refractivity contribution >= 4 is 29.5 Å². The Morgan fingerprint density at radius 3 is 2.71 bits per heavy atom. The van der Waals surface area contributed by atoms with Gasteiger partial charge in [0.25, 0.3) is 0 Å². The zero-order chi connectivity index (χ0) is 16.7. The lowest BCUT2D eigenvalue weighted by molar-refractivity contribution is -0.129. The van der Waals surface area contributed by atoms with E-state index in [1.807, 2.05) is 0 Å². The lowest BCUT2D eigenvalue weighted by Crippen LogP contribution is -2.07.